The second kappa shape index (κ2) is 11.2. The number of ether oxygens (including phenoxy) is 1. The molecule has 0 amide bonds. The number of sulfone groups is 1. The predicted molar refractivity (Wildman–Crippen MR) is 149 cm³/mol. The Morgan fingerprint density at radius 3 is 2.11 bits per heavy atom. The molecule has 0 aliphatic heterocycles. The number of alkyl halides is 6. The van der Waals surface area contributed by atoms with Crippen molar-refractivity contribution in [1.82, 2.24) is 14.8 Å². The van der Waals surface area contributed by atoms with Gasteiger partial charge >= 0.3 is 12.5 Å². The van der Waals surface area contributed by atoms with Gasteiger partial charge < -0.3 is 9.15 Å². The molecule has 0 aliphatic rings. The highest BCUT2D eigenvalue weighted by atomic mass is 32.2. The van der Waals surface area contributed by atoms with Crippen molar-refractivity contribution in [2.75, 3.05) is 6.26 Å². The van der Waals surface area contributed by atoms with Crippen LogP contribution < -0.4 is 4.74 Å². The molecule has 230 valence electrons. The molecule has 0 radical (unpaired) electrons. The molecule has 3 aromatic carbocycles. The van der Waals surface area contributed by atoms with Crippen molar-refractivity contribution in [3.63, 3.8) is 0 Å². The van der Waals surface area contributed by atoms with Gasteiger partial charge in [0.25, 0.3) is 0 Å². The summed E-state index contributed by atoms with van der Waals surface area (Å²) < 4.78 is 114. The number of halogens is 6. The fourth-order valence-corrected chi connectivity index (χ4v) is 5.06. The zero-order chi connectivity index (χ0) is 32.0. The van der Waals surface area contributed by atoms with Crippen LogP contribution in [0.1, 0.15) is 31.4 Å². The number of nitrogens with zero attached hydrogens (tertiary/aromatic N) is 3. The minimum Gasteiger partial charge on any atom is -0.440 e. The van der Waals surface area contributed by atoms with Crippen LogP contribution in [0.5, 0.6) is 5.75 Å². The largest absolute Gasteiger partial charge is 0.573 e. The molecule has 0 saturated carbocycles. The third-order valence-corrected chi connectivity index (χ3v) is 7.57. The van der Waals surface area contributed by atoms with Gasteiger partial charge in [-0.15, -0.1) is 13.2 Å². The van der Waals surface area contributed by atoms with Gasteiger partial charge in [0.1, 0.15) is 11.4 Å². The van der Waals surface area contributed by atoms with E-state index in [1.807, 2.05) is 0 Å². The van der Waals surface area contributed by atoms with Crippen molar-refractivity contribution in [3.05, 3.63) is 90.6 Å². The van der Waals surface area contributed by atoms with Gasteiger partial charge in [-0.2, -0.15) is 18.3 Å². The van der Waals surface area contributed by atoms with Crippen molar-refractivity contribution in [3.8, 4) is 45.1 Å². The van der Waals surface area contributed by atoms with Gasteiger partial charge in [0.15, 0.2) is 27.2 Å². The van der Waals surface area contributed by atoms with Crippen LogP contribution in [0.25, 0.3) is 39.4 Å². The summed E-state index contributed by atoms with van der Waals surface area (Å²) in [5.41, 5.74) is 0.832. The lowest BCUT2D eigenvalue weighted by Gasteiger charge is -2.13. The first-order chi connectivity index (χ1) is 20.5. The monoisotopic (exact) mass is 635 g/mol. The van der Waals surface area contributed by atoms with Gasteiger partial charge in [0.2, 0.25) is 0 Å². The van der Waals surface area contributed by atoms with E-state index in [9.17, 15) is 34.8 Å². The van der Waals surface area contributed by atoms with Gasteiger partial charge in [-0.05, 0) is 65.7 Å². The molecule has 0 N–H and O–H groups in total. The van der Waals surface area contributed by atoms with E-state index in [4.69, 9.17) is 4.42 Å². The van der Waals surface area contributed by atoms with Crippen molar-refractivity contribution < 1.29 is 43.9 Å². The quantitative estimate of drug-likeness (QED) is 0.167. The molecule has 0 aliphatic carbocycles. The Hall–Kier alpha value is -4.59. The highest BCUT2D eigenvalue weighted by Gasteiger charge is 2.34. The second-order valence-corrected chi connectivity index (χ2v) is 12.1. The predicted octanol–water partition coefficient (Wildman–Crippen LogP) is 8.31. The zero-order valence-electron chi connectivity index (χ0n) is 23.2. The average molecular weight is 636 g/mol. The minimum absolute atomic E-state index is 0.0629. The van der Waals surface area contributed by atoms with Crippen molar-refractivity contribution in [2.24, 2.45) is 0 Å². The standard InChI is InChI=1S/C30H23F6N3O4S/c1-17(2)28-37-26(27(42-28)18-7-10-21(11-8-18)43-30(34,35)36)23-16-20(19-5-4-6-22(15-19)44(3,40)41)9-12-24(23)39-14-13-25(38-39)29(31,32)33/h4-17H,1-3H3. The first kappa shape index (κ1) is 30.9. The Morgan fingerprint density at radius 1 is 0.864 bits per heavy atom. The maximum Gasteiger partial charge on any atom is 0.573 e. The third-order valence-electron chi connectivity index (χ3n) is 6.46. The Balaban J connectivity index is 1.73. The van der Waals surface area contributed by atoms with Crippen molar-refractivity contribution >= 4 is 9.84 Å². The van der Waals surface area contributed by atoms with E-state index in [0.717, 1.165) is 35.3 Å². The van der Waals surface area contributed by atoms with E-state index < -0.39 is 33.8 Å². The normalized spacial score (nSPS) is 12.6. The Kier molecular flexibility index (Phi) is 7.82. The summed E-state index contributed by atoms with van der Waals surface area (Å²) in [5, 5.41) is 3.71. The summed E-state index contributed by atoms with van der Waals surface area (Å²) in [5.74, 6) is -0.303. The number of hydrogen-bond donors (Lipinski definition) is 0. The fraction of sp³-hybridized carbons (Fsp3) is 0.200. The van der Waals surface area contributed by atoms with E-state index >= 15 is 0 Å². The molecule has 5 rings (SSSR count). The topological polar surface area (TPSA) is 87.2 Å². The average Bonchev–Trinajstić information content (AvgIpc) is 3.61. The van der Waals surface area contributed by atoms with E-state index in [-0.39, 0.29) is 39.4 Å². The molecule has 0 saturated heterocycles. The van der Waals surface area contributed by atoms with Crippen molar-refractivity contribution in [2.45, 2.75) is 37.2 Å². The molecule has 7 nitrogen and oxygen atoms in total. The molecular weight excluding hydrogens is 612 g/mol. The molecule has 0 bridgehead atoms. The SMILES string of the molecule is CC(C)c1nc(-c2cc(-c3cccc(S(C)(=O)=O)c3)ccc2-n2ccc(C(F)(F)F)n2)c(-c2ccc(OC(F)(F)F)cc2)o1. The van der Waals surface area contributed by atoms with E-state index in [1.165, 1.54) is 30.3 Å². The van der Waals surface area contributed by atoms with E-state index in [1.54, 1.807) is 38.1 Å². The Morgan fingerprint density at radius 2 is 1.52 bits per heavy atom. The number of rotatable bonds is 7. The third kappa shape index (κ3) is 6.64. The summed E-state index contributed by atoms with van der Waals surface area (Å²) in [7, 11) is -3.55. The molecular formula is C30H23F6N3O4S. The van der Waals surface area contributed by atoms with Gasteiger partial charge in [-0.25, -0.2) is 18.1 Å². The molecule has 2 heterocycles. The molecule has 0 atom stereocenters. The lowest BCUT2D eigenvalue weighted by Crippen LogP contribution is -2.16. The molecule has 0 fully saturated rings. The number of aromatic nitrogens is 3. The lowest BCUT2D eigenvalue weighted by molar-refractivity contribution is -0.274. The van der Waals surface area contributed by atoms with E-state index in [2.05, 4.69) is 14.8 Å². The summed E-state index contributed by atoms with van der Waals surface area (Å²) in [4.78, 5) is 4.70. The fourth-order valence-electron chi connectivity index (χ4n) is 4.39. The molecule has 2 aromatic heterocycles. The van der Waals surface area contributed by atoms with E-state index in [0.29, 0.717) is 16.7 Å². The van der Waals surface area contributed by atoms with Gasteiger partial charge in [0.05, 0.1) is 10.6 Å². The van der Waals surface area contributed by atoms with Gasteiger partial charge in [-0.1, -0.05) is 32.0 Å². The van der Waals surface area contributed by atoms with Crippen molar-refractivity contribution in [1.29, 1.82) is 0 Å². The van der Waals surface area contributed by atoms with Crippen LogP contribution >= 0.6 is 0 Å². The summed E-state index contributed by atoms with van der Waals surface area (Å²) in [6, 6.07) is 16.5. The van der Waals surface area contributed by atoms with Crippen LogP contribution in [-0.4, -0.2) is 35.8 Å². The molecule has 5 aromatic rings. The summed E-state index contributed by atoms with van der Waals surface area (Å²) in [6.07, 6.45) is -7.40. The first-order valence-corrected chi connectivity index (χ1v) is 14.8. The lowest BCUT2D eigenvalue weighted by atomic mass is 9.98. The van der Waals surface area contributed by atoms with Crippen LogP contribution in [-0.2, 0) is 16.0 Å². The van der Waals surface area contributed by atoms with Crippen LogP contribution in [0.4, 0.5) is 26.3 Å². The highest BCUT2D eigenvalue weighted by molar-refractivity contribution is 7.90. The number of oxazole rings is 1. The Bertz CT molecular complexity index is 1930. The first-order valence-electron chi connectivity index (χ1n) is 12.9. The minimum atomic E-state index is -4.90. The highest BCUT2D eigenvalue weighted by Crippen LogP contribution is 2.40. The zero-order valence-corrected chi connectivity index (χ0v) is 24.1. The van der Waals surface area contributed by atoms with Crippen LogP contribution in [0.15, 0.2) is 88.3 Å². The maximum absolute atomic E-state index is 13.4. The number of benzene rings is 3. The molecule has 0 spiro atoms. The number of hydrogen-bond acceptors (Lipinski definition) is 6. The van der Waals surface area contributed by atoms with Gasteiger partial charge in [0, 0.05) is 29.5 Å². The smallest absolute Gasteiger partial charge is 0.440 e. The molecule has 44 heavy (non-hydrogen) atoms. The Labute approximate surface area is 247 Å². The van der Waals surface area contributed by atoms with Crippen LogP contribution in [0.2, 0.25) is 0 Å². The molecule has 0 unspecified atom stereocenters. The summed E-state index contributed by atoms with van der Waals surface area (Å²) >= 11 is 0. The maximum atomic E-state index is 13.4. The summed E-state index contributed by atoms with van der Waals surface area (Å²) in [6.45, 7) is 3.60. The van der Waals surface area contributed by atoms with Crippen LogP contribution in [0.3, 0.4) is 0 Å². The van der Waals surface area contributed by atoms with Crippen LogP contribution in [0, 0.1) is 0 Å². The molecule has 14 heteroatoms. The van der Waals surface area contributed by atoms with Gasteiger partial charge in [-0.3, -0.25) is 0 Å². The second-order valence-electron chi connectivity index (χ2n) is 10.1.